The highest BCUT2D eigenvalue weighted by molar-refractivity contribution is 5.81. The molecule has 144 valence electrons. The van der Waals surface area contributed by atoms with E-state index in [9.17, 15) is 4.79 Å². The fourth-order valence-corrected chi connectivity index (χ4v) is 3.17. The average Bonchev–Trinajstić information content (AvgIpc) is 3.06. The van der Waals surface area contributed by atoms with E-state index in [2.05, 4.69) is 45.6 Å². The molecule has 6 nitrogen and oxygen atoms in total. The number of likely N-dealkylation sites (tertiary alicyclic amines) is 1. The van der Waals surface area contributed by atoms with Crippen LogP contribution in [0.4, 0.5) is 5.69 Å². The summed E-state index contributed by atoms with van der Waals surface area (Å²) >= 11 is 0. The molecule has 2 rings (SSSR count). The van der Waals surface area contributed by atoms with Crippen LogP contribution in [0.3, 0.4) is 0 Å². The van der Waals surface area contributed by atoms with Gasteiger partial charge in [0.25, 0.3) is 0 Å². The highest BCUT2D eigenvalue weighted by Crippen LogP contribution is 2.17. The van der Waals surface area contributed by atoms with E-state index in [1.54, 1.807) is 7.05 Å². The first-order valence-electron chi connectivity index (χ1n) is 9.34. The highest BCUT2D eigenvalue weighted by Gasteiger charge is 2.27. The molecule has 1 aromatic carbocycles. The van der Waals surface area contributed by atoms with Crippen LogP contribution in [0.1, 0.15) is 31.4 Å². The van der Waals surface area contributed by atoms with E-state index in [4.69, 9.17) is 0 Å². The Morgan fingerprint density at radius 3 is 2.69 bits per heavy atom. The number of carbonyl (C=O) groups is 1. The molecule has 2 N–H and O–H groups in total. The number of aryl methyl sites for hydroxylation is 1. The van der Waals surface area contributed by atoms with E-state index in [1.165, 1.54) is 16.8 Å². The third-order valence-corrected chi connectivity index (χ3v) is 4.85. The van der Waals surface area contributed by atoms with Crippen LogP contribution in [0.2, 0.25) is 0 Å². The maximum atomic E-state index is 12.1. The van der Waals surface area contributed by atoms with Crippen molar-refractivity contribution in [3.63, 3.8) is 0 Å². The maximum absolute atomic E-state index is 12.1. The van der Waals surface area contributed by atoms with E-state index >= 15 is 0 Å². The van der Waals surface area contributed by atoms with Gasteiger partial charge in [0, 0.05) is 58.4 Å². The molecule has 1 aliphatic heterocycles. The molecule has 1 amide bonds. The van der Waals surface area contributed by atoms with Gasteiger partial charge in [-0.05, 0) is 36.6 Å². The van der Waals surface area contributed by atoms with Gasteiger partial charge in [-0.15, -0.1) is 0 Å². The van der Waals surface area contributed by atoms with Crippen molar-refractivity contribution in [1.29, 1.82) is 0 Å². The highest BCUT2D eigenvalue weighted by atomic mass is 16.2. The number of nitrogens with zero attached hydrogens (tertiary/aromatic N) is 3. The Morgan fingerprint density at radius 2 is 2.12 bits per heavy atom. The summed E-state index contributed by atoms with van der Waals surface area (Å²) < 4.78 is 0. The predicted molar refractivity (Wildman–Crippen MR) is 109 cm³/mol. The number of guanidine groups is 1. The van der Waals surface area contributed by atoms with Gasteiger partial charge in [0.05, 0.1) is 0 Å². The van der Waals surface area contributed by atoms with Gasteiger partial charge in [0.2, 0.25) is 5.91 Å². The lowest BCUT2D eigenvalue weighted by Crippen LogP contribution is -2.45. The molecule has 0 aromatic heterocycles. The molecule has 1 unspecified atom stereocenters. The van der Waals surface area contributed by atoms with Crippen LogP contribution in [0.15, 0.2) is 23.2 Å². The SMILES string of the molecule is CN=C(NCc1ccc(N(C)C)cc1C)NC1CCN(C(=O)C(C)C)C1. The second-order valence-electron chi connectivity index (χ2n) is 7.50. The summed E-state index contributed by atoms with van der Waals surface area (Å²) in [5, 5.41) is 6.84. The van der Waals surface area contributed by atoms with Gasteiger partial charge in [-0.3, -0.25) is 9.79 Å². The summed E-state index contributed by atoms with van der Waals surface area (Å²) in [5.74, 6) is 1.07. The lowest BCUT2D eigenvalue weighted by atomic mass is 10.1. The summed E-state index contributed by atoms with van der Waals surface area (Å²) in [6.07, 6.45) is 0.954. The second-order valence-corrected chi connectivity index (χ2v) is 7.50. The molecule has 1 heterocycles. The lowest BCUT2D eigenvalue weighted by Gasteiger charge is -2.21. The number of hydrogen-bond acceptors (Lipinski definition) is 3. The average molecular weight is 360 g/mol. The van der Waals surface area contributed by atoms with Crippen molar-refractivity contribution >= 4 is 17.6 Å². The summed E-state index contributed by atoms with van der Waals surface area (Å²) in [6, 6.07) is 6.73. The third-order valence-electron chi connectivity index (χ3n) is 4.85. The number of benzene rings is 1. The Bertz CT molecular complexity index is 654. The molecule has 0 bridgehead atoms. The Morgan fingerprint density at radius 1 is 1.38 bits per heavy atom. The first kappa shape index (κ1) is 20.1. The van der Waals surface area contributed by atoms with Crippen LogP contribution in [-0.4, -0.2) is 57.0 Å². The smallest absolute Gasteiger partial charge is 0.225 e. The fourth-order valence-electron chi connectivity index (χ4n) is 3.17. The monoisotopic (exact) mass is 359 g/mol. The molecule has 0 radical (unpaired) electrons. The summed E-state index contributed by atoms with van der Waals surface area (Å²) in [5.41, 5.74) is 3.71. The molecule has 0 saturated carbocycles. The zero-order chi connectivity index (χ0) is 19.3. The molecular weight excluding hydrogens is 326 g/mol. The second kappa shape index (κ2) is 8.92. The minimum absolute atomic E-state index is 0.0549. The van der Waals surface area contributed by atoms with E-state index in [1.807, 2.05) is 32.8 Å². The molecule has 0 aliphatic carbocycles. The van der Waals surface area contributed by atoms with Crippen LogP contribution in [0, 0.1) is 12.8 Å². The van der Waals surface area contributed by atoms with Gasteiger partial charge in [-0.1, -0.05) is 19.9 Å². The van der Waals surface area contributed by atoms with E-state index in [0.717, 1.165) is 32.0 Å². The number of anilines is 1. The quantitative estimate of drug-likeness (QED) is 0.623. The van der Waals surface area contributed by atoms with Crippen LogP contribution < -0.4 is 15.5 Å². The predicted octanol–water partition coefficient (Wildman–Crippen LogP) is 1.98. The maximum Gasteiger partial charge on any atom is 0.225 e. The minimum atomic E-state index is 0.0549. The van der Waals surface area contributed by atoms with Crippen molar-refractivity contribution in [2.45, 2.75) is 39.8 Å². The molecule has 0 spiro atoms. The number of nitrogens with one attached hydrogen (secondary N) is 2. The van der Waals surface area contributed by atoms with Gasteiger partial charge in [0.1, 0.15) is 0 Å². The van der Waals surface area contributed by atoms with Crippen LogP contribution in [-0.2, 0) is 11.3 Å². The molecule has 1 saturated heterocycles. The van der Waals surface area contributed by atoms with Crippen LogP contribution >= 0.6 is 0 Å². The zero-order valence-corrected chi connectivity index (χ0v) is 17.0. The van der Waals surface area contributed by atoms with Gasteiger partial charge >= 0.3 is 0 Å². The van der Waals surface area contributed by atoms with Gasteiger partial charge in [0.15, 0.2) is 5.96 Å². The number of carbonyl (C=O) groups excluding carboxylic acids is 1. The molecule has 1 atom stereocenters. The first-order chi connectivity index (χ1) is 12.3. The van der Waals surface area contributed by atoms with Crippen molar-refractivity contribution < 1.29 is 4.79 Å². The Kier molecular flexibility index (Phi) is 6.89. The largest absolute Gasteiger partial charge is 0.378 e. The number of hydrogen-bond donors (Lipinski definition) is 2. The van der Waals surface area contributed by atoms with Gasteiger partial charge < -0.3 is 20.4 Å². The third kappa shape index (κ3) is 5.13. The van der Waals surface area contributed by atoms with E-state index < -0.39 is 0 Å². The number of aliphatic imine (C=N–C) groups is 1. The standard InChI is InChI=1S/C20H33N5O/c1-14(2)19(26)25-10-9-17(13-25)23-20(21-4)22-12-16-7-8-18(24(5)6)11-15(16)3/h7-8,11,14,17H,9-10,12-13H2,1-6H3,(H2,21,22,23). The van der Waals surface area contributed by atoms with E-state index in [0.29, 0.717) is 0 Å². The van der Waals surface area contributed by atoms with Crippen molar-refractivity contribution in [3.8, 4) is 0 Å². The van der Waals surface area contributed by atoms with Crippen molar-refractivity contribution in [2.75, 3.05) is 39.1 Å². The van der Waals surface area contributed by atoms with Crippen molar-refractivity contribution in [3.05, 3.63) is 29.3 Å². The summed E-state index contributed by atoms with van der Waals surface area (Å²) in [7, 11) is 5.88. The zero-order valence-electron chi connectivity index (χ0n) is 17.0. The number of rotatable bonds is 5. The number of amides is 1. The first-order valence-corrected chi connectivity index (χ1v) is 9.34. The van der Waals surface area contributed by atoms with E-state index in [-0.39, 0.29) is 17.9 Å². The Labute approximate surface area is 157 Å². The molecule has 1 aliphatic rings. The molecule has 1 fully saturated rings. The Balaban J connectivity index is 1.88. The Hall–Kier alpha value is -2.24. The fraction of sp³-hybridized carbons (Fsp3) is 0.600. The minimum Gasteiger partial charge on any atom is -0.378 e. The normalized spacial score (nSPS) is 17.6. The van der Waals surface area contributed by atoms with Crippen molar-refractivity contribution in [1.82, 2.24) is 15.5 Å². The van der Waals surface area contributed by atoms with Crippen LogP contribution in [0.25, 0.3) is 0 Å². The topological polar surface area (TPSA) is 60.0 Å². The van der Waals surface area contributed by atoms with Crippen LogP contribution in [0.5, 0.6) is 0 Å². The molecule has 1 aromatic rings. The lowest BCUT2D eigenvalue weighted by molar-refractivity contribution is -0.133. The summed E-state index contributed by atoms with van der Waals surface area (Å²) in [6.45, 7) is 8.32. The van der Waals surface area contributed by atoms with Gasteiger partial charge in [-0.2, -0.15) is 0 Å². The van der Waals surface area contributed by atoms with Gasteiger partial charge in [-0.25, -0.2) is 0 Å². The molecule has 6 heteroatoms. The molecule has 26 heavy (non-hydrogen) atoms. The molecular formula is C20H33N5O. The van der Waals surface area contributed by atoms with Crippen molar-refractivity contribution in [2.24, 2.45) is 10.9 Å². The summed E-state index contributed by atoms with van der Waals surface area (Å²) in [4.78, 5) is 20.5.